The molecule has 0 atom stereocenters. The number of hydrogen-bond donors (Lipinski definition) is 2. The van der Waals surface area contributed by atoms with Crippen molar-refractivity contribution < 1.29 is 13.2 Å². The van der Waals surface area contributed by atoms with E-state index in [1.54, 1.807) is 18.2 Å². The van der Waals surface area contributed by atoms with E-state index in [4.69, 9.17) is 4.74 Å². The van der Waals surface area contributed by atoms with Gasteiger partial charge in [0.2, 0.25) is 10.0 Å². The molecule has 0 spiro atoms. The molecule has 0 fully saturated rings. The smallest absolute Gasteiger partial charge is 0.242 e. The van der Waals surface area contributed by atoms with E-state index in [2.05, 4.69) is 10.0 Å². The summed E-state index contributed by atoms with van der Waals surface area (Å²) < 4.78 is 32.4. The first kappa shape index (κ1) is 16.9. The van der Waals surface area contributed by atoms with Crippen molar-refractivity contribution in [3.05, 3.63) is 24.3 Å². The standard InChI is InChI=1S/C14H24N2O3S/c1-3-11-19-12-7-10-16-20(17,18)14-9-6-5-8-13(14)15-4-2/h5-6,8-9,15-16H,3-4,7,10-12H2,1-2H3. The molecule has 1 aromatic carbocycles. The molecule has 0 aromatic heterocycles. The van der Waals surface area contributed by atoms with Gasteiger partial charge in [-0.2, -0.15) is 0 Å². The quantitative estimate of drug-likeness (QED) is 0.650. The zero-order valence-corrected chi connectivity index (χ0v) is 13.0. The van der Waals surface area contributed by atoms with Crippen molar-refractivity contribution in [3.63, 3.8) is 0 Å². The molecule has 6 heteroatoms. The maximum atomic E-state index is 12.2. The van der Waals surface area contributed by atoms with E-state index in [0.717, 1.165) is 13.0 Å². The summed E-state index contributed by atoms with van der Waals surface area (Å²) in [5.41, 5.74) is 0.629. The van der Waals surface area contributed by atoms with Gasteiger partial charge >= 0.3 is 0 Å². The molecular formula is C14H24N2O3S. The van der Waals surface area contributed by atoms with E-state index in [1.807, 2.05) is 19.9 Å². The van der Waals surface area contributed by atoms with Crippen molar-refractivity contribution in [1.82, 2.24) is 4.72 Å². The van der Waals surface area contributed by atoms with Crippen LogP contribution in [0.1, 0.15) is 26.7 Å². The lowest BCUT2D eigenvalue weighted by Crippen LogP contribution is -2.26. The Morgan fingerprint density at radius 2 is 1.90 bits per heavy atom. The number of nitrogens with one attached hydrogen (secondary N) is 2. The number of para-hydroxylation sites is 1. The van der Waals surface area contributed by atoms with Crippen molar-refractivity contribution in [3.8, 4) is 0 Å². The predicted molar refractivity (Wildman–Crippen MR) is 81.5 cm³/mol. The van der Waals surface area contributed by atoms with Gasteiger partial charge in [0.15, 0.2) is 0 Å². The summed E-state index contributed by atoms with van der Waals surface area (Å²) in [7, 11) is -3.47. The molecule has 0 radical (unpaired) electrons. The number of benzene rings is 1. The van der Waals surface area contributed by atoms with Crippen molar-refractivity contribution >= 4 is 15.7 Å². The lowest BCUT2D eigenvalue weighted by atomic mass is 10.3. The minimum absolute atomic E-state index is 0.288. The highest BCUT2D eigenvalue weighted by molar-refractivity contribution is 7.89. The minimum atomic E-state index is -3.47. The summed E-state index contributed by atoms with van der Waals surface area (Å²) in [4.78, 5) is 0.288. The molecule has 0 saturated carbocycles. The fourth-order valence-electron chi connectivity index (χ4n) is 1.74. The van der Waals surface area contributed by atoms with Crippen molar-refractivity contribution in [2.45, 2.75) is 31.6 Å². The first-order chi connectivity index (χ1) is 9.61. The molecular weight excluding hydrogens is 276 g/mol. The van der Waals surface area contributed by atoms with Crippen LogP contribution >= 0.6 is 0 Å². The van der Waals surface area contributed by atoms with Gasteiger partial charge in [-0.15, -0.1) is 0 Å². The van der Waals surface area contributed by atoms with Gasteiger partial charge in [0.25, 0.3) is 0 Å². The highest BCUT2D eigenvalue weighted by Crippen LogP contribution is 2.20. The number of sulfonamides is 1. The van der Waals surface area contributed by atoms with Gasteiger partial charge in [0.1, 0.15) is 4.90 Å². The molecule has 0 heterocycles. The van der Waals surface area contributed by atoms with Crippen LogP contribution in [-0.2, 0) is 14.8 Å². The van der Waals surface area contributed by atoms with Gasteiger partial charge in [-0.25, -0.2) is 13.1 Å². The Morgan fingerprint density at radius 3 is 2.60 bits per heavy atom. The average Bonchev–Trinajstić information content (AvgIpc) is 2.43. The van der Waals surface area contributed by atoms with Gasteiger partial charge in [-0.05, 0) is 31.9 Å². The molecule has 0 bridgehead atoms. The molecule has 0 aliphatic carbocycles. The first-order valence-electron chi connectivity index (χ1n) is 7.02. The molecule has 1 aromatic rings. The lowest BCUT2D eigenvalue weighted by Gasteiger charge is -2.12. The largest absolute Gasteiger partial charge is 0.384 e. The lowest BCUT2D eigenvalue weighted by molar-refractivity contribution is 0.133. The summed E-state index contributed by atoms with van der Waals surface area (Å²) in [6.45, 7) is 6.33. The van der Waals surface area contributed by atoms with Crippen LogP contribution in [-0.4, -0.2) is 34.7 Å². The summed E-state index contributed by atoms with van der Waals surface area (Å²) in [5.74, 6) is 0. The third-order valence-electron chi connectivity index (χ3n) is 2.65. The van der Waals surface area contributed by atoms with Crippen LogP contribution in [0.2, 0.25) is 0 Å². The SMILES string of the molecule is CCCOCCCNS(=O)(=O)c1ccccc1NCC. The van der Waals surface area contributed by atoms with E-state index in [0.29, 0.717) is 31.8 Å². The van der Waals surface area contributed by atoms with Crippen LogP contribution < -0.4 is 10.0 Å². The second-order valence-corrected chi connectivity index (χ2v) is 6.13. The summed E-state index contributed by atoms with van der Waals surface area (Å²) in [6, 6.07) is 6.91. The van der Waals surface area contributed by atoms with Crippen LogP contribution in [0, 0.1) is 0 Å². The minimum Gasteiger partial charge on any atom is -0.384 e. The second kappa shape index (κ2) is 8.94. The van der Waals surface area contributed by atoms with Crippen LogP contribution in [0.5, 0.6) is 0 Å². The number of rotatable bonds is 10. The van der Waals surface area contributed by atoms with Crippen LogP contribution in [0.3, 0.4) is 0 Å². The van der Waals surface area contributed by atoms with Gasteiger partial charge in [-0.3, -0.25) is 0 Å². The molecule has 0 unspecified atom stereocenters. The number of ether oxygens (including phenoxy) is 1. The van der Waals surface area contributed by atoms with Crippen molar-refractivity contribution in [2.75, 3.05) is 31.6 Å². The predicted octanol–water partition coefficient (Wildman–Crippen LogP) is 2.21. The van der Waals surface area contributed by atoms with Gasteiger partial charge in [0.05, 0.1) is 5.69 Å². The molecule has 1 rings (SSSR count). The monoisotopic (exact) mass is 300 g/mol. The second-order valence-electron chi connectivity index (χ2n) is 4.39. The van der Waals surface area contributed by atoms with E-state index >= 15 is 0 Å². The Balaban J connectivity index is 2.56. The molecule has 20 heavy (non-hydrogen) atoms. The third-order valence-corrected chi connectivity index (χ3v) is 4.17. The zero-order chi connectivity index (χ0) is 14.8. The van der Waals surface area contributed by atoms with Crippen LogP contribution in [0.25, 0.3) is 0 Å². The maximum absolute atomic E-state index is 12.2. The Hall–Kier alpha value is -1.11. The first-order valence-corrected chi connectivity index (χ1v) is 8.50. The molecule has 5 nitrogen and oxygen atoms in total. The van der Waals surface area contributed by atoms with Crippen LogP contribution in [0.15, 0.2) is 29.2 Å². The topological polar surface area (TPSA) is 67.4 Å². The van der Waals surface area contributed by atoms with Gasteiger partial charge in [0, 0.05) is 26.3 Å². The highest BCUT2D eigenvalue weighted by Gasteiger charge is 2.16. The molecule has 0 amide bonds. The normalized spacial score (nSPS) is 11.5. The van der Waals surface area contributed by atoms with E-state index in [9.17, 15) is 8.42 Å². The Labute approximate surface area is 121 Å². The fourth-order valence-corrected chi connectivity index (χ4v) is 3.00. The summed E-state index contributed by atoms with van der Waals surface area (Å²) in [5, 5.41) is 3.06. The molecule has 0 aliphatic heterocycles. The number of hydrogen-bond acceptors (Lipinski definition) is 4. The highest BCUT2D eigenvalue weighted by atomic mass is 32.2. The summed E-state index contributed by atoms with van der Waals surface area (Å²) in [6.07, 6.45) is 1.64. The average molecular weight is 300 g/mol. The van der Waals surface area contributed by atoms with Gasteiger partial charge < -0.3 is 10.1 Å². The molecule has 0 aliphatic rings. The molecule has 114 valence electrons. The van der Waals surface area contributed by atoms with Crippen LogP contribution in [0.4, 0.5) is 5.69 Å². The van der Waals surface area contributed by atoms with Crippen molar-refractivity contribution in [2.24, 2.45) is 0 Å². The molecule has 0 saturated heterocycles. The maximum Gasteiger partial charge on any atom is 0.242 e. The Bertz CT molecular complexity index is 489. The third kappa shape index (κ3) is 5.48. The molecule has 2 N–H and O–H groups in total. The number of anilines is 1. The zero-order valence-electron chi connectivity index (χ0n) is 12.2. The fraction of sp³-hybridized carbons (Fsp3) is 0.571. The van der Waals surface area contributed by atoms with E-state index < -0.39 is 10.0 Å². The Kier molecular flexibility index (Phi) is 7.58. The van der Waals surface area contributed by atoms with E-state index in [-0.39, 0.29) is 4.90 Å². The van der Waals surface area contributed by atoms with Gasteiger partial charge in [-0.1, -0.05) is 19.1 Å². The summed E-state index contributed by atoms with van der Waals surface area (Å²) >= 11 is 0. The Morgan fingerprint density at radius 1 is 1.15 bits per heavy atom. The van der Waals surface area contributed by atoms with Crippen molar-refractivity contribution in [1.29, 1.82) is 0 Å². The van der Waals surface area contributed by atoms with E-state index in [1.165, 1.54) is 0 Å².